The van der Waals surface area contributed by atoms with Gasteiger partial charge in [0.05, 0.1) is 0 Å². The third kappa shape index (κ3) is 4.19. The Bertz CT molecular complexity index is 222. The van der Waals surface area contributed by atoms with E-state index in [1.54, 1.807) is 0 Å². The average Bonchev–Trinajstić information content (AvgIpc) is 2.79. The second-order valence-corrected chi connectivity index (χ2v) is 11.6. The summed E-state index contributed by atoms with van der Waals surface area (Å²) in [5, 5.41) is 3.83. The van der Waals surface area contributed by atoms with E-state index in [1.165, 1.54) is 13.0 Å². The first kappa shape index (κ1) is 14.2. The molecule has 0 aromatic carbocycles. The van der Waals surface area contributed by atoms with E-state index in [0.29, 0.717) is 5.04 Å². The van der Waals surface area contributed by atoms with Gasteiger partial charge in [0, 0.05) is 13.2 Å². The minimum Gasteiger partial charge on any atom is -0.416 e. The van der Waals surface area contributed by atoms with Crippen LogP contribution in [0, 0.1) is 11.8 Å². The molecule has 0 saturated heterocycles. The lowest BCUT2D eigenvalue weighted by Gasteiger charge is -2.36. The molecule has 1 fully saturated rings. The standard InChI is InChI=1S/C13H29NOSi/c1-11-9-12(11)10-14-7-8-15-16(5,6)13(2,3)4/h11-12,14H,7-10H2,1-6H3. The molecule has 2 atom stereocenters. The molecule has 0 aliphatic heterocycles. The largest absolute Gasteiger partial charge is 0.416 e. The third-order valence-corrected chi connectivity index (χ3v) is 8.77. The summed E-state index contributed by atoms with van der Waals surface area (Å²) in [7, 11) is -1.52. The van der Waals surface area contributed by atoms with Gasteiger partial charge in [0.2, 0.25) is 0 Å². The summed E-state index contributed by atoms with van der Waals surface area (Å²) in [6, 6.07) is 0. The van der Waals surface area contributed by atoms with Gasteiger partial charge in [-0.25, -0.2) is 0 Å². The number of rotatable bonds is 6. The molecule has 96 valence electrons. The van der Waals surface area contributed by atoms with Crippen molar-refractivity contribution in [1.82, 2.24) is 5.32 Å². The quantitative estimate of drug-likeness (QED) is 0.571. The molecule has 0 aromatic heterocycles. The van der Waals surface area contributed by atoms with Crippen molar-refractivity contribution in [3.05, 3.63) is 0 Å². The normalized spacial score (nSPS) is 25.9. The molecule has 2 unspecified atom stereocenters. The van der Waals surface area contributed by atoms with Crippen molar-refractivity contribution in [2.75, 3.05) is 19.7 Å². The summed E-state index contributed by atoms with van der Waals surface area (Å²) >= 11 is 0. The Morgan fingerprint density at radius 1 is 1.31 bits per heavy atom. The Hall–Kier alpha value is 0.137. The van der Waals surface area contributed by atoms with Crippen LogP contribution in [-0.2, 0) is 4.43 Å². The molecule has 1 rings (SSSR count). The molecule has 1 aliphatic carbocycles. The first-order valence-electron chi connectivity index (χ1n) is 6.59. The van der Waals surface area contributed by atoms with Crippen LogP contribution in [0.4, 0.5) is 0 Å². The van der Waals surface area contributed by atoms with Crippen LogP contribution in [0.3, 0.4) is 0 Å². The molecule has 0 heterocycles. The Balaban J connectivity index is 2.06. The molecular formula is C13H29NOSi. The number of hydrogen-bond acceptors (Lipinski definition) is 2. The summed E-state index contributed by atoms with van der Waals surface area (Å²) in [6.07, 6.45) is 1.41. The minimum absolute atomic E-state index is 0.331. The van der Waals surface area contributed by atoms with Crippen molar-refractivity contribution >= 4 is 8.32 Å². The Morgan fingerprint density at radius 3 is 2.31 bits per heavy atom. The van der Waals surface area contributed by atoms with Gasteiger partial charge in [-0.2, -0.15) is 0 Å². The zero-order valence-corrected chi connectivity index (χ0v) is 12.9. The van der Waals surface area contributed by atoms with Gasteiger partial charge in [0.1, 0.15) is 0 Å². The fourth-order valence-electron chi connectivity index (χ4n) is 1.57. The molecule has 16 heavy (non-hydrogen) atoms. The maximum absolute atomic E-state index is 6.10. The third-order valence-electron chi connectivity index (χ3n) is 4.23. The van der Waals surface area contributed by atoms with E-state index in [2.05, 4.69) is 46.1 Å². The Labute approximate surface area is 102 Å². The highest BCUT2D eigenvalue weighted by atomic mass is 28.4. The lowest BCUT2D eigenvalue weighted by Crippen LogP contribution is -2.42. The van der Waals surface area contributed by atoms with E-state index >= 15 is 0 Å². The van der Waals surface area contributed by atoms with E-state index in [1.807, 2.05) is 0 Å². The van der Waals surface area contributed by atoms with Crippen LogP contribution in [0.2, 0.25) is 18.1 Å². The van der Waals surface area contributed by atoms with E-state index in [-0.39, 0.29) is 0 Å². The lowest BCUT2D eigenvalue weighted by molar-refractivity contribution is 0.285. The van der Waals surface area contributed by atoms with Gasteiger partial charge < -0.3 is 9.74 Å². The number of nitrogens with one attached hydrogen (secondary N) is 1. The molecule has 1 saturated carbocycles. The lowest BCUT2D eigenvalue weighted by atomic mass is 10.2. The van der Waals surface area contributed by atoms with E-state index < -0.39 is 8.32 Å². The summed E-state index contributed by atoms with van der Waals surface area (Å²) < 4.78 is 6.10. The SMILES string of the molecule is CC1CC1CNCCO[Si](C)(C)C(C)(C)C. The minimum atomic E-state index is -1.52. The zero-order valence-electron chi connectivity index (χ0n) is 11.9. The summed E-state index contributed by atoms with van der Waals surface area (Å²) in [6.45, 7) is 16.9. The molecule has 1 aliphatic rings. The Kier molecular flexibility index (Phi) is 4.61. The molecule has 1 N–H and O–H groups in total. The molecule has 0 spiro atoms. The van der Waals surface area contributed by atoms with Crippen molar-refractivity contribution in [1.29, 1.82) is 0 Å². The second kappa shape index (κ2) is 5.19. The van der Waals surface area contributed by atoms with Crippen LogP contribution in [0.1, 0.15) is 34.1 Å². The fourth-order valence-corrected chi connectivity index (χ4v) is 2.61. The predicted molar refractivity (Wildman–Crippen MR) is 73.3 cm³/mol. The van der Waals surface area contributed by atoms with Crippen molar-refractivity contribution < 1.29 is 4.43 Å². The molecule has 0 aromatic rings. The molecule has 2 nitrogen and oxygen atoms in total. The van der Waals surface area contributed by atoms with Crippen LogP contribution in [0.25, 0.3) is 0 Å². The monoisotopic (exact) mass is 243 g/mol. The highest BCUT2D eigenvalue weighted by molar-refractivity contribution is 6.74. The van der Waals surface area contributed by atoms with Gasteiger partial charge in [-0.05, 0) is 42.9 Å². The molecule has 0 radical (unpaired) electrons. The van der Waals surface area contributed by atoms with Crippen LogP contribution < -0.4 is 5.32 Å². The smallest absolute Gasteiger partial charge is 0.192 e. The Morgan fingerprint density at radius 2 is 1.88 bits per heavy atom. The van der Waals surface area contributed by atoms with Gasteiger partial charge in [-0.3, -0.25) is 0 Å². The molecule has 3 heteroatoms. The summed E-state index contributed by atoms with van der Waals surface area (Å²) in [4.78, 5) is 0. The van der Waals surface area contributed by atoms with Crippen molar-refractivity contribution in [2.24, 2.45) is 11.8 Å². The van der Waals surface area contributed by atoms with Crippen LogP contribution in [-0.4, -0.2) is 28.0 Å². The zero-order chi connectivity index (χ0) is 12.4. The van der Waals surface area contributed by atoms with Gasteiger partial charge in [0.15, 0.2) is 8.32 Å². The summed E-state index contributed by atoms with van der Waals surface area (Å²) in [5.41, 5.74) is 0. The number of hydrogen-bond donors (Lipinski definition) is 1. The molecule has 0 amide bonds. The first-order chi connectivity index (χ1) is 7.24. The predicted octanol–water partition coefficient (Wildman–Crippen LogP) is 3.25. The van der Waals surface area contributed by atoms with Crippen LogP contribution >= 0.6 is 0 Å². The summed E-state index contributed by atoms with van der Waals surface area (Å²) in [5.74, 6) is 1.89. The van der Waals surface area contributed by atoms with E-state index in [0.717, 1.165) is 25.0 Å². The van der Waals surface area contributed by atoms with Crippen molar-refractivity contribution in [3.63, 3.8) is 0 Å². The average molecular weight is 243 g/mol. The van der Waals surface area contributed by atoms with Gasteiger partial charge in [-0.1, -0.05) is 27.7 Å². The second-order valence-electron chi connectivity index (χ2n) is 6.79. The van der Waals surface area contributed by atoms with Crippen LogP contribution in [0.15, 0.2) is 0 Å². The molecular weight excluding hydrogens is 214 g/mol. The fraction of sp³-hybridized carbons (Fsp3) is 1.00. The topological polar surface area (TPSA) is 21.3 Å². The first-order valence-corrected chi connectivity index (χ1v) is 9.49. The van der Waals surface area contributed by atoms with Crippen molar-refractivity contribution in [2.45, 2.75) is 52.2 Å². The van der Waals surface area contributed by atoms with Crippen LogP contribution in [0.5, 0.6) is 0 Å². The van der Waals surface area contributed by atoms with Gasteiger partial charge >= 0.3 is 0 Å². The highest BCUT2D eigenvalue weighted by Gasteiger charge is 2.37. The van der Waals surface area contributed by atoms with E-state index in [9.17, 15) is 0 Å². The maximum Gasteiger partial charge on any atom is 0.192 e. The van der Waals surface area contributed by atoms with Gasteiger partial charge in [-0.15, -0.1) is 0 Å². The van der Waals surface area contributed by atoms with E-state index in [4.69, 9.17) is 4.43 Å². The molecule has 0 bridgehead atoms. The van der Waals surface area contributed by atoms with Gasteiger partial charge in [0.25, 0.3) is 0 Å². The highest BCUT2D eigenvalue weighted by Crippen LogP contribution is 2.37. The van der Waals surface area contributed by atoms with Crippen molar-refractivity contribution in [3.8, 4) is 0 Å². The maximum atomic E-state index is 6.10.